The monoisotopic (exact) mass is 292 g/mol. The molecular formula is C18H29FN2. The molecule has 1 heterocycles. The van der Waals surface area contributed by atoms with Crippen molar-refractivity contribution in [3.63, 3.8) is 0 Å². The summed E-state index contributed by atoms with van der Waals surface area (Å²) in [5, 5.41) is 3.30. The number of halogens is 1. The predicted molar refractivity (Wildman–Crippen MR) is 86.7 cm³/mol. The van der Waals surface area contributed by atoms with Gasteiger partial charge >= 0.3 is 0 Å². The van der Waals surface area contributed by atoms with E-state index in [0.29, 0.717) is 5.92 Å². The van der Waals surface area contributed by atoms with Crippen LogP contribution in [0.3, 0.4) is 0 Å². The fraction of sp³-hybridized carbons (Fsp3) is 0.667. The molecule has 4 unspecified atom stereocenters. The van der Waals surface area contributed by atoms with E-state index >= 15 is 0 Å². The third-order valence-corrected chi connectivity index (χ3v) is 5.08. The highest BCUT2D eigenvalue weighted by Gasteiger charge is 2.27. The molecule has 0 aromatic heterocycles. The molecule has 1 aliphatic heterocycles. The Morgan fingerprint density at radius 2 is 2.00 bits per heavy atom. The Bertz CT molecular complexity index is 449. The van der Waals surface area contributed by atoms with Crippen LogP contribution in [0.1, 0.15) is 38.8 Å². The van der Waals surface area contributed by atoms with Gasteiger partial charge in [0.2, 0.25) is 0 Å². The molecule has 1 saturated heterocycles. The summed E-state index contributed by atoms with van der Waals surface area (Å²) in [6.07, 6.45) is 1.28. The molecule has 0 amide bonds. The quantitative estimate of drug-likeness (QED) is 0.890. The maximum Gasteiger partial charge on any atom is 0.127 e. The van der Waals surface area contributed by atoms with Gasteiger partial charge in [-0.2, -0.15) is 0 Å². The van der Waals surface area contributed by atoms with Crippen LogP contribution in [0, 0.1) is 23.6 Å². The van der Waals surface area contributed by atoms with Gasteiger partial charge in [0.15, 0.2) is 0 Å². The Labute approximate surface area is 128 Å². The van der Waals surface area contributed by atoms with E-state index in [1.807, 2.05) is 19.2 Å². The van der Waals surface area contributed by atoms with Crippen LogP contribution < -0.4 is 5.32 Å². The predicted octanol–water partition coefficient (Wildman–Crippen LogP) is 3.70. The summed E-state index contributed by atoms with van der Waals surface area (Å²) in [4.78, 5) is 2.54. The summed E-state index contributed by atoms with van der Waals surface area (Å²) in [5.74, 6) is 1.85. The Morgan fingerprint density at radius 1 is 1.29 bits per heavy atom. The van der Waals surface area contributed by atoms with Crippen LogP contribution >= 0.6 is 0 Å². The van der Waals surface area contributed by atoms with Gasteiger partial charge in [0.05, 0.1) is 0 Å². The lowest BCUT2D eigenvalue weighted by Crippen LogP contribution is -2.42. The first-order valence-corrected chi connectivity index (χ1v) is 8.17. The Morgan fingerprint density at radius 3 is 2.62 bits per heavy atom. The highest BCUT2D eigenvalue weighted by Crippen LogP contribution is 2.28. The zero-order valence-electron chi connectivity index (χ0n) is 13.8. The van der Waals surface area contributed by atoms with Crippen LogP contribution in [-0.4, -0.2) is 31.6 Å². The largest absolute Gasteiger partial charge is 0.313 e. The van der Waals surface area contributed by atoms with E-state index < -0.39 is 0 Å². The summed E-state index contributed by atoms with van der Waals surface area (Å²) in [6.45, 7) is 10.3. The van der Waals surface area contributed by atoms with Gasteiger partial charge < -0.3 is 10.2 Å². The number of likely N-dealkylation sites (tertiary alicyclic amines) is 1. The van der Waals surface area contributed by atoms with Crippen molar-refractivity contribution < 1.29 is 4.39 Å². The molecule has 2 nitrogen and oxygen atoms in total. The minimum atomic E-state index is -0.107. The second kappa shape index (κ2) is 7.37. The van der Waals surface area contributed by atoms with Crippen LogP contribution in [0.15, 0.2) is 24.3 Å². The number of piperidine rings is 1. The number of nitrogens with zero attached hydrogens (tertiary/aromatic N) is 1. The van der Waals surface area contributed by atoms with Gasteiger partial charge in [0, 0.05) is 24.7 Å². The molecule has 1 fully saturated rings. The van der Waals surface area contributed by atoms with Gasteiger partial charge in [0.1, 0.15) is 5.82 Å². The number of nitrogens with one attached hydrogen (secondary N) is 1. The van der Waals surface area contributed by atoms with Gasteiger partial charge in [-0.1, -0.05) is 39.0 Å². The molecule has 0 spiro atoms. The second-order valence-electron chi connectivity index (χ2n) is 6.77. The van der Waals surface area contributed by atoms with Crippen LogP contribution in [0.2, 0.25) is 0 Å². The fourth-order valence-electron chi connectivity index (χ4n) is 3.50. The molecule has 0 bridgehead atoms. The molecule has 21 heavy (non-hydrogen) atoms. The van der Waals surface area contributed by atoms with E-state index in [1.165, 1.54) is 19.5 Å². The summed E-state index contributed by atoms with van der Waals surface area (Å²) in [5.41, 5.74) is 0.783. The Balaban J connectivity index is 2.01. The normalized spacial score (nSPS) is 26.5. The van der Waals surface area contributed by atoms with Crippen molar-refractivity contribution in [2.24, 2.45) is 17.8 Å². The van der Waals surface area contributed by atoms with Gasteiger partial charge in [-0.3, -0.25) is 0 Å². The minimum Gasteiger partial charge on any atom is -0.313 e. The summed E-state index contributed by atoms with van der Waals surface area (Å²) in [6, 6.07) is 7.19. The zero-order valence-corrected chi connectivity index (χ0v) is 13.8. The average Bonchev–Trinajstić information content (AvgIpc) is 2.46. The molecule has 1 N–H and O–H groups in total. The molecule has 118 valence electrons. The van der Waals surface area contributed by atoms with Crippen molar-refractivity contribution in [3.05, 3.63) is 35.6 Å². The lowest BCUT2D eigenvalue weighted by molar-refractivity contribution is 0.115. The van der Waals surface area contributed by atoms with Gasteiger partial charge in [-0.05, 0) is 43.8 Å². The molecule has 1 aromatic carbocycles. The minimum absolute atomic E-state index is 0.0702. The highest BCUT2D eigenvalue weighted by atomic mass is 19.1. The van der Waals surface area contributed by atoms with E-state index in [9.17, 15) is 4.39 Å². The van der Waals surface area contributed by atoms with Crippen LogP contribution in [0.4, 0.5) is 4.39 Å². The SMILES string of the molecule is CNC(c1ccccc1F)C(C)CN1CCC(C)C(C)C1. The van der Waals surface area contributed by atoms with Crippen LogP contribution in [0.5, 0.6) is 0 Å². The van der Waals surface area contributed by atoms with Crippen molar-refractivity contribution >= 4 is 0 Å². The molecule has 2 rings (SSSR count). The van der Waals surface area contributed by atoms with Gasteiger partial charge in [0.25, 0.3) is 0 Å². The first-order chi connectivity index (χ1) is 10.0. The summed E-state index contributed by atoms with van der Waals surface area (Å²) in [7, 11) is 1.93. The first-order valence-electron chi connectivity index (χ1n) is 8.17. The van der Waals surface area contributed by atoms with E-state index in [2.05, 4.69) is 31.0 Å². The van der Waals surface area contributed by atoms with E-state index in [1.54, 1.807) is 12.1 Å². The molecule has 3 heteroatoms. The van der Waals surface area contributed by atoms with Gasteiger partial charge in [-0.25, -0.2) is 4.39 Å². The Hall–Kier alpha value is -0.930. The molecule has 0 radical (unpaired) electrons. The Kier molecular flexibility index (Phi) is 5.77. The topological polar surface area (TPSA) is 15.3 Å². The smallest absolute Gasteiger partial charge is 0.127 e. The molecule has 0 saturated carbocycles. The van der Waals surface area contributed by atoms with E-state index in [-0.39, 0.29) is 11.9 Å². The van der Waals surface area contributed by atoms with Crippen molar-refractivity contribution in [2.75, 3.05) is 26.7 Å². The standard InChI is InChI=1S/C18H29FN2/c1-13-9-10-21(11-14(13)2)12-15(3)18(20-4)16-7-5-6-8-17(16)19/h5-8,13-15,18,20H,9-12H2,1-4H3. The fourth-order valence-corrected chi connectivity index (χ4v) is 3.50. The van der Waals surface area contributed by atoms with Crippen molar-refractivity contribution in [2.45, 2.75) is 33.2 Å². The van der Waals surface area contributed by atoms with Crippen LogP contribution in [-0.2, 0) is 0 Å². The molecule has 1 aliphatic rings. The van der Waals surface area contributed by atoms with E-state index in [4.69, 9.17) is 0 Å². The van der Waals surface area contributed by atoms with Crippen molar-refractivity contribution in [3.8, 4) is 0 Å². The summed E-state index contributed by atoms with van der Waals surface area (Å²) >= 11 is 0. The zero-order chi connectivity index (χ0) is 15.4. The molecule has 4 atom stereocenters. The number of benzene rings is 1. The maximum absolute atomic E-state index is 14.0. The van der Waals surface area contributed by atoms with Gasteiger partial charge in [-0.15, -0.1) is 0 Å². The first kappa shape index (κ1) is 16.4. The molecular weight excluding hydrogens is 263 g/mol. The molecule has 1 aromatic rings. The number of rotatable bonds is 5. The highest BCUT2D eigenvalue weighted by molar-refractivity contribution is 5.21. The molecule has 0 aliphatic carbocycles. The maximum atomic E-state index is 14.0. The lowest BCUT2D eigenvalue weighted by Gasteiger charge is -2.38. The third-order valence-electron chi connectivity index (χ3n) is 5.08. The summed E-state index contributed by atoms with van der Waals surface area (Å²) < 4.78 is 14.0. The van der Waals surface area contributed by atoms with Crippen molar-refractivity contribution in [1.29, 1.82) is 0 Å². The third kappa shape index (κ3) is 4.04. The number of hydrogen-bond acceptors (Lipinski definition) is 2. The second-order valence-corrected chi connectivity index (χ2v) is 6.77. The van der Waals surface area contributed by atoms with Crippen molar-refractivity contribution in [1.82, 2.24) is 10.2 Å². The lowest BCUT2D eigenvalue weighted by atomic mass is 9.87. The van der Waals surface area contributed by atoms with E-state index in [0.717, 1.165) is 23.9 Å². The number of hydrogen-bond donors (Lipinski definition) is 1. The average molecular weight is 292 g/mol. The van der Waals surface area contributed by atoms with Crippen LogP contribution in [0.25, 0.3) is 0 Å².